The highest BCUT2D eigenvalue weighted by molar-refractivity contribution is 7.89. The third-order valence-electron chi connectivity index (χ3n) is 4.95. The molecule has 3 aromatic rings. The van der Waals surface area contributed by atoms with Crippen molar-refractivity contribution in [2.24, 2.45) is 0 Å². The lowest BCUT2D eigenvalue weighted by Gasteiger charge is -2.14. The highest BCUT2D eigenvalue weighted by atomic mass is 32.2. The number of para-hydroxylation sites is 1. The Morgan fingerprint density at radius 1 is 0.939 bits per heavy atom. The Kier molecular flexibility index (Phi) is 7.25. The first-order valence-electron chi connectivity index (χ1n) is 10.1. The zero-order chi connectivity index (χ0) is 24.2. The predicted octanol–water partition coefficient (Wildman–Crippen LogP) is 3.57. The maximum absolute atomic E-state index is 14.1. The van der Waals surface area contributed by atoms with Gasteiger partial charge in [-0.05, 0) is 42.8 Å². The van der Waals surface area contributed by atoms with Crippen LogP contribution in [0.25, 0.3) is 0 Å². The summed E-state index contributed by atoms with van der Waals surface area (Å²) < 4.78 is 39.7. The number of benzene rings is 3. The Labute approximate surface area is 192 Å². The van der Waals surface area contributed by atoms with Crippen molar-refractivity contribution in [1.29, 1.82) is 0 Å². The molecule has 0 fully saturated rings. The maximum Gasteiger partial charge on any atom is 0.255 e. The number of nitrogens with zero attached hydrogens (tertiary/aromatic N) is 1. The minimum Gasteiger partial charge on any atom is -0.348 e. The summed E-state index contributed by atoms with van der Waals surface area (Å²) in [5, 5.41) is 5.42. The van der Waals surface area contributed by atoms with Crippen LogP contribution in [0.15, 0.2) is 71.6 Å². The minimum absolute atomic E-state index is 0.0632. The van der Waals surface area contributed by atoms with Crippen LogP contribution in [0.3, 0.4) is 0 Å². The summed E-state index contributed by atoms with van der Waals surface area (Å²) in [7, 11) is -1.54. The van der Waals surface area contributed by atoms with Gasteiger partial charge in [-0.2, -0.15) is 0 Å². The molecule has 7 nitrogen and oxygen atoms in total. The molecule has 9 heteroatoms. The lowest BCUT2D eigenvalue weighted by molar-refractivity contribution is 0.0951. The second-order valence-corrected chi connectivity index (χ2v) is 9.72. The number of halogens is 1. The van der Waals surface area contributed by atoms with Crippen molar-refractivity contribution >= 4 is 27.5 Å². The minimum atomic E-state index is -4.08. The zero-order valence-corrected chi connectivity index (χ0v) is 19.2. The summed E-state index contributed by atoms with van der Waals surface area (Å²) in [5.41, 5.74) is 2.45. The molecule has 0 aliphatic rings. The van der Waals surface area contributed by atoms with Crippen molar-refractivity contribution in [3.05, 3.63) is 94.8 Å². The van der Waals surface area contributed by atoms with Crippen LogP contribution in [-0.4, -0.2) is 38.6 Å². The molecule has 3 aromatic carbocycles. The summed E-state index contributed by atoms with van der Waals surface area (Å²) >= 11 is 0. The van der Waals surface area contributed by atoms with E-state index in [2.05, 4.69) is 10.6 Å². The molecule has 0 spiro atoms. The average Bonchev–Trinajstić information content (AvgIpc) is 2.78. The lowest BCUT2D eigenvalue weighted by atomic mass is 10.1. The Balaban J connectivity index is 1.80. The molecule has 33 heavy (non-hydrogen) atoms. The van der Waals surface area contributed by atoms with Gasteiger partial charge in [0, 0.05) is 26.2 Å². The number of amides is 2. The number of nitrogens with one attached hydrogen (secondary N) is 2. The highest BCUT2D eigenvalue weighted by Crippen LogP contribution is 2.21. The molecule has 3 rings (SSSR count). The molecule has 172 valence electrons. The van der Waals surface area contributed by atoms with Crippen molar-refractivity contribution in [3.8, 4) is 0 Å². The Morgan fingerprint density at radius 2 is 1.61 bits per heavy atom. The predicted molar refractivity (Wildman–Crippen MR) is 124 cm³/mol. The molecule has 0 radical (unpaired) electrons. The first-order valence-corrected chi connectivity index (χ1v) is 11.5. The Hall–Kier alpha value is -3.56. The zero-order valence-electron chi connectivity index (χ0n) is 18.4. The summed E-state index contributed by atoms with van der Waals surface area (Å²) in [6.45, 7) is 2.28. The largest absolute Gasteiger partial charge is 0.348 e. The van der Waals surface area contributed by atoms with Gasteiger partial charge in [-0.3, -0.25) is 9.59 Å². The second kappa shape index (κ2) is 9.93. The third-order valence-corrected chi connectivity index (χ3v) is 6.78. The lowest BCUT2D eigenvalue weighted by Crippen LogP contribution is -2.25. The number of hydrogen-bond donors (Lipinski definition) is 2. The van der Waals surface area contributed by atoms with Gasteiger partial charge in [0.25, 0.3) is 11.8 Å². The number of anilines is 1. The Morgan fingerprint density at radius 3 is 2.27 bits per heavy atom. The highest BCUT2D eigenvalue weighted by Gasteiger charge is 2.24. The van der Waals surface area contributed by atoms with Gasteiger partial charge >= 0.3 is 0 Å². The average molecular weight is 470 g/mol. The van der Waals surface area contributed by atoms with E-state index in [1.165, 1.54) is 20.2 Å². The Bertz CT molecular complexity index is 1290. The molecule has 0 saturated heterocycles. The van der Waals surface area contributed by atoms with E-state index in [-0.39, 0.29) is 22.7 Å². The molecule has 2 amide bonds. The van der Waals surface area contributed by atoms with Crippen molar-refractivity contribution < 1.29 is 22.4 Å². The molecule has 0 heterocycles. The number of sulfonamides is 1. The van der Waals surface area contributed by atoms with Gasteiger partial charge in [-0.25, -0.2) is 17.1 Å². The van der Waals surface area contributed by atoms with E-state index < -0.39 is 26.6 Å². The number of hydrogen-bond acceptors (Lipinski definition) is 4. The number of aryl methyl sites for hydroxylation is 1. The van der Waals surface area contributed by atoms with Crippen molar-refractivity contribution in [1.82, 2.24) is 9.62 Å². The topological polar surface area (TPSA) is 95.6 Å². The molecule has 0 aromatic heterocycles. The van der Waals surface area contributed by atoms with Gasteiger partial charge in [0.2, 0.25) is 10.0 Å². The normalized spacial score (nSPS) is 11.3. The molecule has 0 saturated carbocycles. The first-order chi connectivity index (χ1) is 15.6. The summed E-state index contributed by atoms with van der Waals surface area (Å²) in [6, 6.07) is 17.2. The van der Waals surface area contributed by atoms with Crippen LogP contribution >= 0.6 is 0 Å². The van der Waals surface area contributed by atoms with E-state index in [1.807, 2.05) is 31.2 Å². The van der Waals surface area contributed by atoms with Crippen molar-refractivity contribution in [2.75, 3.05) is 19.4 Å². The van der Waals surface area contributed by atoms with E-state index in [0.29, 0.717) is 6.54 Å². The van der Waals surface area contributed by atoms with Gasteiger partial charge in [-0.1, -0.05) is 42.0 Å². The quantitative estimate of drug-likeness (QED) is 0.553. The van der Waals surface area contributed by atoms with E-state index in [0.717, 1.165) is 27.6 Å². The van der Waals surface area contributed by atoms with Crippen molar-refractivity contribution in [2.45, 2.75) is 18.4 Å². The van der Waals surface area contributed by atoms with Gasteiger partial charge in [0.15, 0.2) is 0 Å². The molecule has 0 aliphatic heterocycles. The van der Waals surface area contributed by atoms with Crippen LogP contribution in [-0.2, 0) is 16.6 Å². The second-order valence-electron chi connectivity index (χ2n) is 7.60. The van der Waals surface area contributed by atoms with Crippen LogP contribution in [0.2, 0.25) is 0 Å². The summed E-state index contributed by atoms with van der Waals surface area (Å²) in [6.07, 6.45) is 0. The SMILES string of the molecule is Cc1ccc(CNC(=O)c2ccccc2NC(=O)c2ccc(F)c(S(=O)(=O)N(C)C)c2)cc1. The van der Waals surface area contributed by atoms with E-state index in [1.54, 1.807) is 24.3 Å². The molecule has 0 aliphatic carbocycles. The summed E-state index contributed by atoms with van der Waals surface area (Å²) in [4.78, 5) is 24.9. The molecule has 0 bridgehead atoms. The fraction of sp³-hybridized carbons (Fsp3) is 0.167. The van der Waals surface area contributed by atoms with Gasteiger partial charge in [-0.15, -0.1) is 0 Å². The molecule has 0 atom stereocenters. The monoisotopic (exact) mass is 469 g/mol. The smallest absolute Gasteiger partial charge is 0.255 e. The molecule has 2 N–H and O–H groups in total. The fourth-order valence-electron chi connectivity index (χ4n) is 3.01. The van der Waals surface area contributed by atoms with Crippen LogP contribution in [0, 0.1) is 12.7 Å². The van der Waals surface area contributed by atoms with E-state index in [4.69, 9.17) is 0 Å². The van der Waals surface area contributed by atoms with Crippen LogP contribution in [0.5, 0.6) is 0 Å². The van der Waals surface area contributed by atoms with Crippen LogP contribution < -0.4 is 10.6 Å². The fourth-order valence-corrected chi connectivity index (χ4v) is 3.99. The van der Waals surface area contributed by atoms with E-state index in [9.17, 15) is 22.4 Å². The maximum atomic E-state index is 14.1. The molecular formula is C24H24FN3O4S. The van der Waals surface area contributed by atoms with E-state index >= 15 is 0 Å². The van der Waals surface area contributed by atoms with Crippen LogP contribution in [0.4, 0.5) is 10.1 Å². The third kappa shape index (κ3) is 5.63. The summed E-state index contributed by atoms with van der Waals surface area (Å²) in [5.74, 6) is -2.03. The standard InChI is InChI=1S/C24H24FN3O4S/c1-16-8-10-17(11-9-16)15-26-24(30)19-6-4-5-7-21(19)27-23(29)18-12-13-20(25)22(14-18)33(31,32)28(2)3/h4-14H,15H2,1-3H3,(H,26,30)(H,27,29). The number of rotatable bonds is 7. The van der Waals surface area contributed by atoms with Gasteiger partial charge in [0.1, 0.15) is 10.7 Å². The van der Waals surface area contributed by atoms with Gasteiger partial charge < -0.3 is 10.6 Å². The van der Waals surface area contributed by atoms with Gasteiger partial charge in [0.05, 0.1) is 11.3 Å². The first kappa shape index (κ1) is 24.1. The number of carbonyl (C=O) groups is 2. The van der Waals surface area contributed by atoms with Crippen molar-refractivity contribution in [3.63, 3.8) is 0 Å². The number of carbonyl (C=O) groups excluding carboxylic acids is 2. The van der Waals surface area contributed by atoms with Crippen LogP contribution in [0.1, 0.15) is 31.8 Å². The molecular weight excluding hydrogens is 445 g/mol. The molecule has 0 unspecified atom stereocenters.